The first kappa shape index (κ1) is 18.7. The maximum Gasteiger partial charge on any atom is 0.205 e. The number of phenolic OH excluding ortho intramolecular Hbond substituents is 1. The molecule has 0 saturated heterocycles. The zero-order chi connectivity index (χ0) is 19.4. The predicted octanol–water partition coefficient (Wildman–Crippen LogP) is 3.74. The number of methoxy groups -OCH3 is 2. The lowest BCUT2D eigenvalue weighted by Crippen LogP contribution is -2.14. The minimum atomic E-state index is 0.225. The Hall–Kier alpha value is -3.06. The zero-order valence-corrected chi connectivity index (χ0v) is 16.4. The number of aromatic hydroxyl groups is 1. The molecule has 0 radical (unpaired) electrons. The Morgan fingerprint density at radius 3 is 2.44 bits per heavy atom. The molecule has 3 rings (SSSR count). The van der Waals surface area contributed by atoms with Gasteiger partial charge in [-0.15, -0.1) is 11.3 Å². The molecule has 0 aliphatic heterocycles. The van der Waals surface area contributed by atoms with Gasteiger partial charge in [-0.25, -0.2) is 4.68 Å². The third-order valence-corrected chi connectivity index (χ3v) is 5.00. The van der Waals surface area contributed by atoms with Crippen LogP contribution in [0.2, 0.25) is 0 Å². The number of aromatic nitrogens is 1. The molecule has 1 heterocycles. The van der Waals surface area contributed by atoms with E-state index < -0.39 is 0 Å². The second-order valence-electron chi connectivity index (χ2n) is 5.74. The normalized spacial score (nSPS) is 12.3. The van der Waals surface area contributed by atoms with Gasteiger partial charge < -0.3 is 14.6 Å². The summed E-state index contributed by atoms with van der Waals surface area (Å²) in [5, 5.41) is 16.3. The SMILES string of the molecule is CN=c1scc(-c2ccc(OC)cc2OC)n1N=C(C)c1ccc(O)cc1. The van der Waals surface area contributed by atoms with Crippen molar-refractivity contribution in [2.75, 3.05) is 21.3 Å². The molecule has 0 atom stereocenters. The van der Waals surface area contributed by atoms with Crippen molar-refractivity contribution in [3.05, 3.63) is 58.2 Å². The lowest BCUT2D eigenvalue weighted by Gasteiger charge is -2.11. The van der Waals surface area contributed by atoms with E-state index in [0.717, 1.165) is 33.1 Å². The molecule has 0 unspecified atom stereocenters. The van der Waals surface area contributed by atoms with Gasteiger partial charge in [0.2, 0.25) is 4.80 Å². The van der Waals surface area contributed by atoms with Gasteiger partial charge in [0.25, 0.3) is 0 Å². The van der Waals surface area contributed by atoms with Gasteiger partial charge in [0.05, 0.1) is 25.6 Å². The average Bonchev–Trinajstić information content (AvgIpc) is 3.10. The molecule has 1 aromatic heterocycles. The van der Waals surface area contributed by atoms with E-state index in [1.54, 1.807) is 38.1 Å². The third-order valence-electron chi connectivity index (χ3n) is 4.10. The van der Waals surface area contributed by atoms with Crippen LogP contribution in [0.5, 0.6) is 17.2 Å². The van der Waals surface area contributed by atoms with Crippen LogP contribution in [0.4, 0.5) is 0 Å². The quantitative estimate of drug-likeness (QED) is 0.683. The molecule has 0 aliphatic rings. The largest absolute Gasteiger partial charge is 0.508 e. The molecule has 2 aromatic carbocycles. The number of benzene rings is 2. The summed E-state index contributed by atoms with van der Waals surface area (Å²) < 4.78 is 12.6. The van der Waals surface area contributed by atoms with E-state index in [2.05, 4.69) is 4.99 Å². The average molecular weight is 383 g/mol. The van der Waals surface area contributed by atoms with Gasteiger partial charge in [-0.2, -0.15) is 5.10 Å². The highest BCUT2D eigenvalue weighted by molar-refractivity contribution is 7.07. The first-order valence-corrected chi connectivity index (χ1v) is 9.16. The fourth-order valence-electron chi connectivity index (χ4n) is 2.65. The highest BCUT2D eigenvalue weighted by atomic mass is 32.1. The molecule has 0 amide bonds. The van der Waals surface area contributed by atoms with E-state index in [-0.39, 0.29) is 5.75 Å². The van der Waals surface area contributed by atoms with E-state index in [1.165, 1.54) is 11.3 Å². The summed E-state index contributed by atoms with van der Waals surface area (Å²) in [5.41, 5.74) is 3.49. The third kappa shape index (κ3) is 3.88. The van der Waals surface area contributed by atoms with Crippen molar-refractivity contribution in [3.63, 3.8) is 0 Å². The van der Waals surface area contributed by atoms with Crippen molar-refractivity contribution in [2.24, 2.45) is 10.1 Å². The molecule has 0 fully saturated rings. The molecular weight excluding hydrogens is 362 g/mol. The fraction of sp³-hybridized carbons (Fsp3) is 0.200. The highest BCUT2D eigenvalue weighted by Crippen LogP contribution is 2.33. The molecule has 0 spiro atoms. The summed E-state index contributed by atoms with van der Waals surface area (Å²) in [7, 11) is 4.99. The summed E-state index contributed by atoms with van der Waals surface area (Å²) >= 11 is 1.50. The Morgan fingerprint density at radius 2 is 1.81 bits per heavy atom. The van der Waals surface area contributed by atoms with Gasteiger partial charge in [-0.05, 0) is 48.9 Å². The monoisotopic (exact) mass is 383 g/mol. The number of hydrogen-bond acceptors (Lipinski definition) is 6. The van der Waals surface area contributed by atoms with Crippen molar-refractivity contribution in [3.8, 4) is 28.5 Å². The highest BCUT2D eigenvalue weighted by Gasteiger charge is 2.14. The van der Waals surface area contributed by atoms with Crippen LogP contribution in [0.15, 0.2) is 57.9 Å². The lowest BCUT2D eigenvalue weighted by atomic mass is 10.1. The van der Waals surface area contributed by atoms with E-state index in [9.17, 15) is 5.11 Å². The van der Waals surface area contributed by atoms with E-state index in [4.69, 9.17) is 14.6 Å². The van der Waals surface area contributed by atoms with Crippen molar-refractivity contribution in [1.82, 2.24) is 4.68 Å². The van der Waals surface area contributed by atoms with Gasteiger partial charge in [-0.3, -0.25) is 4.99 Å². The maximum atomic E-state index is 9.49. The van der Waals surface area contributed by atoms with Gasteiger partial charge in [0.15, 0.2) is 0 Å². The fourth-order valence-corrected chi connectivity index (χ4v) is 3.44. The van der Waals surface area contributed by atoms with Crippen LogP contribution in [0.3, 0.4) is 0 Å². The molecule has 0 saturated carbocycles. The summed E-state index contributed by atoms with van der Waals surface area (Å²) in [5.74, 6) is 1.64. The first-order chi connectivity index (χ1) is 13.1. The van der Waals surface area contributed by atoms with Crippen molar-refractivity contribution < 1.29 is 14.6 Å². The molecule has 7 heteroatoms. The molecular formula is C20H21N3O3S. The summed E-state index contributed by atoms with van der Waals surface area (Å²) in [6.07, 6.45) is 0. The Bertz CT molecular complexity index is 1030. The topological polar surface area (TPSA) is 68.3 Å². The Labute approximate surface area is 161 Å². The molecule has 0 bridgehead atoms. The summed E-state index contributed by atoms with van der Waals surface area (Å²) in [6, 6.07) is 12.6. The summed E-state index contributed by atoms with van der Waals surface area (Å²) in [4.78, 5) is 5.10. The van der Waals surface area contributed by atoms with Crippen molar-refractivity contribution >= 4 is 17.0 Å². The van der Waals surface area contributed by atoms with Crippen LogP contribution >= 0.6 is 11.3 Å². The number of thiazole rings is 1. The smallest absolute Gasteiger partial charge is 0.205 e. The van der Waals surface area contributed by atoms with E-state index >= 15 is 0 Å². The minimum Gasteiger partial charge on any atom is -0.508 e. The molecule has 140 valence electrons. The minimum absolute atomic E-state index is 0.225. The van der Waals surface area contributed by atoms with Gasteiger partial charge in [0.1, 0.15) is 17.2 Å². The van der Waals surface area contributed by atoms with Crippen LogP contribution in [0, 0.1) is 0 Å². The zero-order valence-electron chi connectivity index (χ0n) is 15.6. The maximum absolute atomic E-state index is 9.49. The first-order valence-electron chi connectivity index (χ1n) is 8.28. The van der Waals surface area contributed by atoms with Gasteiger partial charge in [0, 0.05) is 24.1 Å². The van der Waals surface area contributed by atoms with E-state index in [1.807, 2.05) is 42.6 Å². The van der Waals surface area contributed by atoms with Gasteiger partial charge >= 0.3 is 0 Å². The Balaban J connectivity index is 2.14. The standard InChI is InChI=1S/C20H21N3O3S/c1-13(14-5-7-15(24)8-6-14)22-23-18(12-27-20(23)21-2)17-10-9-16(25-3)11-19(17)26-4/h5-12,24H,1-4H3. The predicted molar refractivity (Wildman–Crippen MR) is 108 cm³/mol. The van der Waals surface area contributed by atoms with Crippen molar-refractivity contribution in [1.29, 1.82) is 0 Å². The molecule has 6 nitrogen and oxygen atoms in total. The number of ether oxygens (including phenoxy) is 2. The number of phenols is 1. The molecule has 3 aromatic rings. The van der Waals surface area contributed by atoms with Gasteiger partial charge in [-0.1, -0.05) is 0 Å². The van der Waals surface area contributed by atoms with Crippen LogP contribution in [0.1, 0.15) is 12.5 Å². The molecule has 1 N–H and O–H groups in total. The second kappa shape index (κ2) is 8.09. The van der Waals surface area contributed by atoms with Crippen LogP contribution in [-0.4, -0.2) is 36.8 Å². The van der Waals surface area contributed by atoms with Crippen molar-refractivity contribution in [2.45, 2.75) is 6.92 Å². The van der Waals surface area contributed by atoms with Crippen LogP contribution in [-0.2, 0) is 0 Å². The van der Waals surface area contributed by atoms with Crippen LogP contribution in [0.25, 0.3) is 11.3 Å². The number of nitrogens with zero attached hydrogens (tertiary/aromatic N) is 3. The number of hydrogen-bond donors (Lipinski definition) is 1. The van der Waals surface area contributed by atoms with Crippen LogP contribution < -0.4 is 14.3 Å². The second-order valence-corrected chi connectivity index (χ2v) is 6.57. The number of rotatable bonds is 5. The summed E-state index contributed by atoms with van der Waals surface area (Å²) in [6.45, 7) is 1.92. The van der Waals surface area contributed by atoms with E-state index in [0.29, 0.717) is 5.75 Å². The Kier molecular flexibility index (Phi) is 5.61. The Morgan fingerprint density at radius 1 is 1.07 bits per heavy atom. The lowest BCUT2D eigenvalue weighted by molar-refractivity contribution is 0.395. The molecule has 0 aliphatic carbocycles. The molecule has 27 heavy (non-hydrogen) atoms.